The Hall–Kier alpha value is -2.83. The standard InChI is InChI=1S/C20H22FNO5/c1-12-3-8-15-16(18(23)25-2)11-26-19(17(12)15)27-20(24)22-10-9-13-4-6-14(21)7-5-13/h3-7,11,15,17,19H,8-10H2,1-2H3,(H,22,24). The van der Waals surface area contributed by atoms with Gasteiger partial charge >= 0.3 is 12.1 Å². The van der Waals surface area contributed by atoms with E-state index in [-0.39, 0.29) is 17.7 Å². The highest BCUT2D eigenvalue weighted by Gasteiger charge is 2.44. The Morgan fingerprint density at radius 3 is 2.74 bits per heavy atom. The molecule has 0 saturated carbocycles. The minimum absolute atomic E-state index is 0.122. The second kappa shape index (κ2) is 8.24. The van der Waals surface area contributed by atoms with Gasteiger partial charge in [0.05, 0.1) is 24.9 Å². The molecule has 0 bridgehead atoms. The molecule has 27 heavy (non-hydrogen) atoms. The van der Waals surface area contributed by atoms with Crippen molar-refractivity contribution in [2.75, 3.05) is 13.7 Å². The van der Waals surface area contributed by atoms with Gasteiger partial charge in [0.25, 0.3) is 6.29 Å². The fourth-order valence-electron chi connectivity index (χ4n) is 3.48. The number of carbonyl (C=O) groups is 2. The first-order valence-corrected chi connectivity index (χ1v) is 8.79. The highest BCUT2D eigenvalue weighted by Crippen LogP contribution is 2.43. The molecule has 1 heterocycles. The smallest absolute Gasteiger partial charge is 0.410 e. The van der Waals surface area contributed by atoms with Crippen LogP contribution < -0.4 is 5.32 Å². The third-order valence-corrected chi connectivity index (χ3v) is 4.92. The summed E-state index contributed by atoms with van der Waals surface area (Å²) in [5.74, 6) is -1.07. The molecule has 3 unspecified atom stereocenters. The summed E-state index contributed by atoms with van der Waals surface area (Å²) in [5, 5.41) is 2.67. The second-order valence-corrected chi connectivity index (χ2v) is 6.59. The number of benzene rings is 1. The van der Waals surface area contributed by atoms with Gasteiger partial charge in [-0.2, -0.15) is 0 Å². The van der Waals surface area contributed by atoms with Gasteiger partial charge in [0, 0.05) is 12.5 Å². The quantitative estimate of drug-likeness (QED) is 0.632. The summed E-state index contributed by atoms with van der Waals surface area (Å²) in [4.78, 5) is 24.0. The number of alkyl carbamates (subject to hydrolysis) is 1. The molecular weight excluding hydrogens is 353 g/mol. The Kier molecular flexibility index (Phi) is 5.78. The summed E-state index contributed by atoms with van der Waals surface area (Å²) < 4.78 is 28.6. The van der Waals surface area contributed by atoms with Crippen LogP contribution in [0.15, 0.2) is 47.7 Å². The van der Waals surface area contributed by atoms with E-state index >= 15 is 0 Å². The van der Waals surface area contributed by atoms with E-state index in [1.54, 1.807) is 12.1 Å². The van der Waals surface area contributed by atoms with Crippen molar-refractivity contribution in [3.63, 3.8) is 0 Å². The first-order chi connectivity index (χ1) is 13.0. The summed E-state index contributed by atoms with van der Waals surface area (Å²) in [5.41, 5.74) is 2.37. The number of hydrogen-bond acceptors (Lipinski definition) is 5. The van der Waals surface area contributed by atoms with Gasteiger partial charge in [-0.05, 0) is 37.5 Å². The number of carbonyl (C=O) groups excluding carboxylic acids is 2. The average Bonchev–Trinajstić information content (AvgIpc) is 3.05. The molecule has 1 aromatic carbocycles. The normalized spacial score (nSPS) is 23.4. The third kappa shape index (κ3) is 4.30. The summed E-state index contributed by atoms with van der Waals surface area (Å²) in [6, 6.07) is 6.10. The van der Waals surface area contributed by atoms with Crippen molar-refractivity contribution in [3.8, 4) is 0 Å². The number of methoxy groups -OCH3 is 1. The van der Waals surface area contributed by atoms with Crippen molar-refractivity contribution < 1.29 is 28.2 Å². The fourth-order valence-corrected chi connectivity index (χ4v) is 3.48. The van der Waals surface area contributed by atoms with Gasteiger partial charge in [0.2, 0.25) is 0 Å². The second-order valence-electron chi connectivity index (χ2n) is 6.59. The molecule has 0 saturated heterocycles. The van der Waals surface area contributed by atoms with Crippen LogP contribution in [0.3, 0.4) is 0 Å². The van der Waals surface area contributed by atoms with E-state index < -0.39 is 18.4 Å². The monoisotopic (exact) mass is 375 g/mol. The van der Waals surface area contributed by atoms with Gasteiger partial charge in [-0.25, -0.2) is 14.0 Å². The zero-order valence-corrected chi connectivity index (χ0v) is 15.2. The zero-order chi connectivity index (χ0) is 19.4. The number of amides is 1. The summed E-state index contributed by atoms with van der Waals surface area (Å²) >= 11 is 0. The van der Waals surface area contributed by atoms with Crippen molar-refractivity contribution >= 4 is 12.1 Å². The molecular formula is C20H22FNO5. The lowest BCUT2D eigenvalue weighted by molar-refractivity contribution is -0.141. The zero-order valence-electron chi connectivity index (χ0n) is 15.2. The Morgan fingerprint density at radius 2 is 2.04 bits per heavy atom. The molecule has 3 rings (SSSR count). The molecule has 7 heteroatoms. The molecule has 1 amide bonds. The molecule has 0 radical (unpaired) electrons. The van der Waals surface area contributed by atoms with E-state index in [0.29, 0.717) is 25.0 Å². The van der Waals surface area contributed by atoms with Crippen LogP contribution in [0.1, 0.15) is 18.9 Å². The number of ether oxygens (including phenoxy) is 3. The maximum Gasteiger partial charge on any atom is 0.410 e. The van der Waals surface area contributed by atoms with Crippen LogP contribution in [0.4, 0.5) is 9.18 Å². The Labute approximate surface area is 157 Å². The van der Waals surface area contributed by atoms with Crippen molar-refractivity contribution in [3.05, 3.63) is 59.1 Å². The van der Waals surface area contributed by atoms with Crippen LogP contribution in [-0.4, -0.2) is 32.0 Å². The summed E-state index contributed by atoms with van der Waals surface area (Å²) in [6.45, 7) is 2.28. The lowest BCUT2D eigenvalue weighted by Gasteiger charge is -2.33. The minimum Gasteiger partial charge on any atom is -0.466 e. The number of rotatable bonds is 5. The van der Waals surface area contributed by atoms with Gasteiger partial charge in [0.1, 0.15) is 5.82 Å². The molecule has 6 nitrogen and oxygen atoms in total. The third-order valence-electron chi connectivity index (χ3n) is 4.92. The van der Waals surface area contributed by atoms with Crippen LogP contribution in [0, 0.1) is 17.7 Å². The lowest BCUT2D eigenvalue weighted by atomic mass is 9.84. The highest BCUT2D eigenvalue weighted by molar-refractivity contribution is 5.89. The van der Waals surface area contributed by atoms with E-state index in [1.807, 2.05) is 13.0 Å². The SMILES string of the molecule is COC(=O)C1=COC(OC(=O)NCCc2ccc(F)cc2)C2C(C)=CCC12. The number of halogens is 1. The van der Waals surface area contributed by atoms with Crippen LogP contribution in [-0.2, 0) is 25.4 Å². The number of allylic oxidation sites excluding steroid dienone is 1. The molecule has 1 aliphatic carbocycles. The van der Waals surface area contributed by atoms with E-state index in [2.05, 4.69) is 5.32 Å². The molecule has 0 spiro atoms. The number of hydrogen-bond donors (Lipinski definition) is 1. The summed E-state index contributed by atoms with van der Waals surface area (Å²) in [6.07, 6.45) is 3.17. The summed E-state index contributed by atoms with van der Waals surface area (Å²) in [7, 11) is 1.32. The van der Waals surface area contributed by atoms with E-state index in [1.165, 1.54) is 25.5 Å². The first kappa shape index (κ1) is 18.9. The van der Waals surface area contributed by atoms with Crippen LogP contribution >= 0.6 is 0 Å². The fraction of sp³-hybridized carbons (Fsp3) is 0.400. The number of fused-ring (bicyclic) bond motifs is 1. The van der Waals surface area contributed by atoms with Crippen LogP contribution in [0.2, 0.25) is 0 Å². The van der Waals surface area contributed by atoms with E-state index in [4.69, 9.17) is 14.2 Å². The molecule has 1 aliphatic heterocycles. The predicted octanol–water partition coefficient (Wildman–Crippen LogP) is 3.09. The molecule has 0 fully saturated rings. The lowest BCUT2D eigenvalue weighted by Crippen LogP contribution is -2.40. The van der Waals surface area contributed by atoms with Gasteiger partial charge in [-0.3, -0.25) is 0 Å². The van der Waals surface area contributed by atoms with Crippen LogP contribution in [0.25, 0.3) is 0 Å². The van der Waals surface area contributed by atoms with Gasteiger partial charge in [-0.15, -0.1) is 0 Å². The topological polar surface area (TPSA) is 73.9 Å². The van der Waals surface area contributed by atoms with Crippen molar-refractivity contribution in [2.45, 2.75) is 26.1 Å². The van der Waals surface area contributed by atoms with E-state index in [9.17, 15) is 14.0 Å². The highest BCUT2D eigenvalue weighted by atomic mass is 19.1. The molecule has 3 atom stereocenters. The average molecular weight is 375 g/mol. The van der Waals surface area contributed by atoms with Crippen molar-refractivity contribution in [1.82, 2.24) is 5.32 Å². The molecule has 1 N–H and O–H groups in total. The predicted molar refractivity (Wildman–Crippen MR) is 94.9 cm³/mol. The molecule has 2 aliphatic rings. The molecule has 1 aromatic rings. The van der Waals surface area contributed by atoms with Crippen LogP contribution in [0.5, 0.6) is 0 Å². The largest absolute Gasteiger partial charge is 0.466 e. The number of esters is 1. The van der Waals surface area contributed by atoms with Gasteiger partial charge in [0.15, 0.2) is 0 Å². The van der Waals surface area contributed by atoms with Crippen molar-refractivity contribution in [1.29, 1.82) is 0 Å². The van der Waals surface area contributed by atoms with Gasteiger partial charge < -0.3 is 19.5 Å². The Balaban J connectivity index is 1.55. The first-order valence-electron chi connectivity index (χ1n) is 8.79. The Morgan fingerprint density at radius 1 is 1.30 bits per heavy atom. The maximum absolute atomic E-state index is 12.9. The maximum atomic E-state index is 12.9. The molecule has 144 valence electrons. The Bertz CT molecular complexity index is 771. The molecule has 0 aromatic heterocycles. The van der Waals surface area contributed by atoms with Gasteiger partial charge in [-0.1, -0.05) is 23.8 Å². The number of nitrogens with one attached hydrogen (secondary N) is 1. The van der Waals surface area contributed by atoms with E-state index in [0.717, 1.165) is 11.1 Å². The minimum atomic E-state index is -0.798. The van der Waals surface area contributed by atoms with Crippen molar-refractivity contribution in [2.24, 2.45) is 11.8 Å².